The van der Waals surface area contributed by atoms with Crippen LogP contribution in [-0.4, -0.2) is 82.0 Å². The van der Waals surface area contributed by atoms with Gasteiger partial charge in [-0.1, -0.05) is 24.3 Å². The van der Waals surface area contributed by atoms with Crippen molar-refractivity contribution in [2.24, 2.45) is 11.8 Å². The summed E-state index contributed by atoms with van der Waals surface area (Å²) in [4.78, 5) is 26.8. The number of rotatable bonds is 21. The Bertz CT molecular complexity index is 1750. The maximum Gasteiger partial charge on any atom is 0.338 e. The summed E-state index contributed by atoms with van der Waals surface area (Å²) in [6.07, 6.45) is 2.50. The normalized spacial score (nSPS) is 11.8. The van der Waals surface area contributed by atoms with E-state index in [1.54, 1.807) is 38.5 Å². The molecule has 54 heavy (non-hydrogen) atoms. The van der Waals surface area contributed by atoms with Crippen LogP contribution in [0.25, 0.3) is 0 Å². The van der Waals surface area contributed by atoms with Gasteiger partial charge in [-0.2, -0.15) is 0 Å². The van der Waals surface area contributed by atoms with Crippen LogP contribution in [0.4, 0.5) is 0 Å². The highest BCUT2D eigenvalue weighted by Gasteiger charge is 2.26. The van der Waals surface area contributed by atoms with Crippen LogP contribution >= 0.6 is 0 Å². The van der Waals surface area contributed by atoms with E-state index in [1.807, 2.05) is 48.5 Å². The number of carbonyl (C=O) groups excluding carboxylic acids is 2. The van der Waals surface area contributed by atoms with Crippen LogP contribution in [0.5, 0.6) is 46.0 Å². The third kappa shape index (κ3) is 10.6. The zero-order valence-corrected chi connectivity index (χ0v) is 32.2. The second-order valence-corrected chi connectivity index (χ2v) is 12.3. The first-order valence-corrected chi connectivity index (χ1v) is 17.4. The molecule has 2 atom stereocenters. The molecule has 0 unspecified atom stereocenters. The molecule has 4 aromatic carbocycles. The molecule has 0 aromatic heterocycles. The van der Waals surface area contributed by atoms with Gasteiger partial charge in [0.25, 0.3) is 0 Å². The van der Waals surface area contributed by atoms with Crippen molar-refractivity contribution >= 4 is 11.9 Å². The minimum absolute atomic E-state index is 0.00751. The van der Waals surface area contributed by atoms with Gasteiger partial charge in [0.15, 0.2) is 23.0 Å². The summed E-state index contributed by atoms with van der Waals surface area (Å²) in [5, 5.41) is 0. The Morgan fingerprint density at radius 3 is 1.24 bits per heavy atom. The molecule has 12 nitrogen and oxygen atoms in total. The van der Waals surface area contributed by atoms with Gasteiger partial charge in [-0.05, 0) is 91.3 Å². The van der Waals surface area contributed by atoms with Crippen molar-refractivity contribution in [1.29, 1.82) is 0 Å². The van der Waals surface area contributed by atoms with E-state index >= 15 is 0 Å². The minimum atomic E-state index is -0.531. The SMILES string of the molecule is COc1ccc(C[C@@H](CCCOC(=O)c2cc(OC)c(OC)c(OC)c2)[C@H](COC(=O)c2cc(OC)c(OC)c(OC)c2)Cc2ccc(OC)cc2)cc1. The lowest BCUT2D eigenvalue weighted by atomic mass is 9.80. The number of methoxy groups -OCH3 is 8. The molecule has 0 aliphatic rings. The first-order chi connectivity index (χ1) is 26.2. The largest absolute Gasteiger partial charge is 0.497 e. The van der Waals surface area contributed by atoms with E-state index in [4.69, 9.17) is 47.4 Å². The van der Waals surface area contributed by atoms with E-state index in [-0.39, 0.29) is 36.2 Å². The molecule has 0 radical (unpaired) electrons. The molecular formula is C42H50O12. The number of carbonyl (C=O) groups is 2. The van der Waals surface area contributed by atoms with Crippen molar-refractivity contribution < 1.29 is 57.0 Å². The quantitative estimate of drug-likeness (QED) is 0.0629. The van der Waals surface area contributed by atoms with Crippen LogP contribution in [0.15, 0.2) is 72.8 Å². The maximum atomic E-state index is 13.6. The number of esters is 2. The standard InChI is InChI=1S/C42H50O12/c1-45-33-15-11-27(12-16-33)20-29(10-9-19-53-41(43)30-22-35(47-3)39(51-7)36(23-30)48-4)32(21-28-13-17-34(46-2)18-14-28)26-54-42(44)31-24-37(49-5)40(52-8)38(25-31)50-6/h11-18,22-25,29,32H,9-10,19-21,26H2,1-8H3/t29-,32+/m1/s1. The Kier molecular flexibility index (Phi) is 15.5. The lowest BCUT2D eigenvalue weighted by Crippen LogP contribution is -2.26. The molecule has 290 valence electrons. The molecule has 0 spiro atoms. The molecule has 0 N–H and O–H groups in total. The number of hydrogen-bond acceptors (Lipinski definition) is 12. The molecular weight excluding hydrogens is 696 g/mol. The predicted octanol–water partition coefficient (Wildman–Crippen LogP) is 7.27. The van der Waals surface area contributed by atoms with Gasteiger partial charge in [0.2, 0.25) is 11.5 Å². The zero-order valence-electron chi connectivity index (χ0n) is 32.2. The molecule has 0 amide bonds. The predicted molar refractivity (Wildman–Crippen MR) is 202 cm³/mol. The molecule has 0 saturated carbocycles. The summed E-state index contributed by atoms with van der Waals surface area (Å²) < 4.78 is 55.1. The molecule has 4 rings (SSSR count). The summed E-state index contributed by atoms with van der Waals surface area (Å²) in [5.41, 5.74) is 2.68. The van der Waals surface area contributed by atoms with Crippen LogP contribution < -0.4 is 37.9 Å². The fraction of sp³-hybridized carbons (Fsp3) is 0.381. The number of benzene rings is 4. The average Bonchev–Trinajstić information content (AvgIpc) is 3.22. The van der Waals surface area contributed by atoms with Crippen molar-refractivity contribution in [3.8, 4) is 46.0 Å². The smallest absolute Gasteiger partial charge is 0.338 e. The van der Waals surface area contributed by atoms with Gasteiger partial charge in [0.1, 0.15) is 11.5 Å². The van der Waals surface area contributed by atoms with Crippen molar-refractivity contribution in [3.63, 3.8) is 0 Å². The summed E-state index contributed by atoms with van der Waals surface area (Å²) in [5.74, 6) is 2.48. The Hall–Kier alpha value is -5.78. The Morgan fingerprint density at radius 1 is 0.481 bits per heavy atom. The van der Waals surface area contributed by atoms with Gasteiger partial charge >= 0.3 is 11.9 Å². The van der Waals surface area contributed by atoms with Gasteiger partial charge in [0.05, 0.1) is 81.2 Å². The van der Waals surface area contributed by atoms with Crippen molar-refractivity contribution in [3.05, 3.63) is 95.1 Å². The van der Waals surface area contributed by atoms with Crippen LogP contribution in [0.1, 0.15) is 44.7 Å². The second-order valence-electron chi connectivity index (χ2n) is 12.3. The second kappa shape index (κ2) is 20.5. The highest BCUT2D eigenvalue weighted by atomic mass is 16.5. The molecule has 0 aliphatic heterocycles. The third-order valence-electron chi connectivity index (χ3n) is 9.16. The third-order valence-corrected chi connectivity index (χ3v) is 9.16. The molecule has 4 aromatic rings. The topological polar surface area (TPSA) is 126 Å². The van der Waals surface area contributed by atoms with E-state index in [1.165, 1.54) is 42.7 Å². The first-order valence-electron chi connectivity index (χ1n) is 17.4. The van der Waals surface area contributed by atoms with Gasteiger partial charge in [0, 0.05) is 5.92 Å². The van der Waals surface area contributed by atoms with Gasteiger partial charge in [-0.15, -0.1) is 0 Å². The monoisotopic (exact) mass is 746 g/mol. The van der Waals surface area contributed by atoms with Crippen LogP contribution in [0.3, 0.4) is 0 Å². The maximum absolute atomic E-state index is 13.6. The van der Waals surface area contributed by atoms with Gasteiger partial charge in [-0.3, -0.25) is 0 Å². The molecule has 0 aliphatic carbocycles. The lowest BCUT2D eigenvalue weighted by Gasteiger charge is -2.28. The van der Waals surface area contributed by atoms with Crippen LogP contribution in [0.2, 0.25) is 0 Å². The van der Waals surface area contributed by atoms with E-state index in [2.05, 4.69) is 0 Å². The highest BCUT2D eigenvalue weighted by molar-refractivity contribution is 5.91. The average molecular weight is 747 g/mol. The fourth-order valence-corrected chi connectivity index (χ4v) is 6.25. The number of hydrogen-bond donors (Lipinski definition) is 0. The summed E-state index contributed by atoms with van der Waals surface area (Å²) >= 11 is 0. The molecule has 0 bridgehead atoms. The molecule has 0 fully saturated rings. The van der Waals surface area contributed by atoms with Gasteiger partial charge in [-0.25, -0.2) is 9.59 Å². The summed E-state index contributed by atoms with van der Waals surface area (Å²) in [6.45, 7) is 0.280. The van der Waals surface area contributed by atoms with E-state index < -0.39 is 11.9 Å². The van der Waals surface area contributed by atoms with E-state index in [0.717, 1.165) is 22.6 Å². The fourth-order valence-electron chi connectivity index (χ4n) is 6.25. The minimum Gasteiger partial charge on any atom is -0.497 e. The van der Waals surface area contributed by atoms with Crippen LogP contribution in [-0.2, 0) is 22.3 Å². The molecule has 0 saturated heterocycles. The Balaban J connectivity index is 1.58. The lowest BCUT2D eigenvalue weighted by molar-refractivity contribution is 0.0361. The summed E-state index contributed by atoms with van der Waals surface area (Å²) in [6, 6.07) is 22.0. The zero-order chi connectivity index (χ0) is 39.0. The van der Waals surface area contributed by atoms with Crippen molar-refractivity contribution in [2.75, 3.05) is 70.1 Å². The van der Waals surface area contributed by atoms with E-state index in [0.29, 0.717) is 60.2 Å². The van der Waals surface area contributed by atoms with Gasteiger partial charge < -0.3 is 47.4 Å². The van der Waals surface area contributed by atoms with Crippen molar-refractivity contribution in [2.45, 2.75) is 25.7 Å². The van der Waals surface area contributed by atoms with Crippen molar-refractivity contribution in [1.82, 2.24) is 0 Å². The highest BCUT2D eigenvalue weighted by Crippen LogP contribution is 2.40. The first kappa shape index (κ1) is 41.0. The molecule has 12 heteroatoms. The Labute approximate surface area is 317 Å². The van der Waals surface area contributed by atoms with E-state index in [9.17, 15) is 9.59 Å². The Morgan fingerprint density at radius 2 is 0.870 bits per heavy atom. The summed E-state index contributed by atoms with van der Waals surface area (Å²) in [7, 11) is 12.2. The molecule has 0 heterocycles. The van der Waals surface area contributed by atoms with Crippen LogP contribution in [0, 0.1) is 11.8 Å². The number of ether oxygens (including phenoxy) is 10.